The third-order valence-corrected chi connectivity index (χ3v) is 4.47. The normalized spacial score (nSPS) is 11.4. The molecule has 0 spiro atoms. The van der Waals surface area contributed by atoms with E-state index in [9.17, 15) is 22.8 Å². The molecule has 1 N–H and O–H groups in total. The first-order valence-electron chi connectivity index (χ1n) is 8.90. The Morgan fingerprint density at radius 1 is 0.900 bits per heavy atom. The molecule has 30 heavy (non-hydrogen) atoms. The number of fused-ring (bicyclic) bond motifs is 1. The highest BCUT2D eigenvalue weighted by atomic mass is 19.4. The lowest BCUT2D eigenvalue weighted by Gasteiger charge is -2.15. The molecule has 0 aliphatic rings. The van der Waals surface area contributed by atoms with E-state index in [4.69, 9.17) is 0 Å². The van der Waals surface area contributed by atoms with Gasteiger partial charge in [0, 0.05) is 11.1 Å². The van der Waals surface area contributed by atoms with Crippen LogP contribution in [0.25, 0.3) is 22.3 Å². The molecule has 0 fully saturated rings. The smallest absolute Gasteiger partial charge is 0.267 e. The largest absolute Gasteiger partial charge is 0.416 e. The Hall–Kier alpha value is -3.94. The Labute approximate surface area is 168 Å². The lowest BCUT2D eigenvalue weighted by atomic mass is 10.1. The van der Waals surface area contributed by atoms with Crippen LogP contribution in [0.5, 0.6) is 0 Å². The fraction of sp³-hybridized carbons (Fsp3) is 0.0455. The lowest BCUT2D eigenvalue weighted by molar-refractivity contribution is -0.137. The number of amides is 1. The van der Waals surface area contributed by atoms with Crippen molar-refractivity contribution in [1.82, 2.24) is 9.66 Å². The summed E-state index contributed by atoms with van der Waals surface area (Å²) in [5.74, 6) is -0.697. The number of para-hydroxylation sites is 1. The minimum absolute atomic E-state index is 0.0426. The van der Waals surface area contributed by atoms with Gasteiger partial charge < -0.3 is 0 Å². The Bertz CT molecular complexity index is 1300. The molecule has 0 saturated heterocycles. The van der Waals surface area contributed by atoms with Crippen LogP contribution in [0.3, 0.4) is 0 Å². The maximum absolute atomic E-state index is 13.2. The first-order valence-corrected chi connectivity index (χ1v) is 8.90. The topological polar surface area (TPSA) is 64.0 Å². The van der Waals surface area contributed by atoms with E-state index >= 15 is 0 Å². The van der Waals surface area contributed by atoms with Gasteiger partial charge in [-0.1, -0.05) is 42.5 Å². The zero-order chi connectivity index (χ0) is 21.3. The highest BCUT2D eigenvalue weighted by Crippen LogP contribution is 2.31. The number of nitrogens with zero attached hydrogens (tertiary/aromatic N) is 2. The number of halogens is 3. The Balaban J connectivity index is 1.91. The molecule has 0 radical (unpaired) electrons. The van der Waals surface area contributed by atoms with Crippen molar-refractivity contribution < 1.29 is 18.0 Å². The third-order valence-electron chi connectivity index (χ3n) is 4.47. The van der Waals surface area contributed by atoms with E-state index in [0.29, 0.717) is 5.52 Å². The summed E-state index contributed by atoms with van der Waals surface area (Å²) in [6.07, 6.45) is -4.56. The van der Waals surface area contributed by atoms with E-state index in [-0.39, 0.29) is 22.3 Å². The van der Waals surface area contributed by atoms with E-state index in [2.05, 4.69) is 10.4 Å². The SMILES string of the molecule is O=C(Nn1c(-c2cccc(C(F)(F)F)c2)nc2ccccc2c1=O)c1ccccc1. The molecule has 0 atom stereocenters. The Kier molecular flexibility index (Phi) is 4.83. The van der Waals surface area contributed by atoms with Gasteiger partial charge >= 0.3 is 6.18 Å². The van der Waals surface area contributed by atoms with Crippen molar-refractivity contribution in [2.24, 2.45) is 0 Å². The molecule has 150 valence electrons. The van der Waals surface area contributed by atoms with Crippen molar-refractivity contribution in [1.29, 1.82) is 0 Å². The molecule has 0 unspecified atom stereocenters. The number of hydrogen-bond acceptors (Lipinski definition) is 3. The van der Waals surface area contributed by atoms with Crippen molar-refractivity contribution in [3.63, 3.8) is 0 Å². The summed E-state index contributed by atoms with van der Waals surface area (Å²) in [7, 11) is 0. The maximum atomic E-state index is 13.2. The van der Waals surface area contributed by atoms with Crippen LogP contribution < -0.4 is 11.0 Å². The number of carbonyl (C=O) groups is 1. The second-order valence-corrected chi connectivity index (χ2v) is 6.48. The van der Waals surface area contributed by atoms with Crippen LogP contribution in [0, 0.1) is 0 Å². The highest BCUT2D eigenvalue weighted by molar-refractivity contribution is 6.00. The monoisotopic (exact) mass is 409 g/mol. The summed E-state index contributed by atoms with van der Waals surface area (Å²) >= 11 is 0. The molecule has 1 amide bonds. The molecule has 0 aliphatic heterocycles. The van der Waals surface area contributed by atoms with Gasteiger partial charge in [0.15, 0.2) is 5.82 Å². The fourth-order valence-electron chi connectivity index (χ4n) is 3.02. The number of aromatic nitrogens is 2. The zero-order valence-corrected chi connectivity index (χ0v) is 15.4. The predicted octanol–water partition coefficient (Wildman–Crippen LogP) is 4.47. The minimum Gasteiger partial charge on any atom is -0.267 e. The molecular weight excluding hydrogens is 395 g/mol. The Morgan fingerprint density at radius 2 is 1.60 bits per heavy atom. The van der Waals surface area contributed by atoms with Crippen molar-refractivity contribution in [3.8, 4) is 11.4 Å². The summed E-state index contributed by atoms with van der Waals surface area (Å²) < 4.78 is 40.4. The van der Waals surface area contributed by atoms with Gasteiger partial charge in [-0.25, -0.2) is 4.98 Å². The number of alkyl halides is 3. The van der Waals surface area contributed by atoms with E-state index in [1.54, 1.807) is 48.5 Å². The molecule has 1 heterocycles. The third kappa shape index (κ3) is 3.67. The van der Waals surface area contributed by atoms with Gasteiger partial charge in [-0.2, -0.15) is 17.8 Å². The van der Waals surface area contributed by atoms with Crippen molar-refractivity contribution >= 4 is 16.8 Å². The molecule has 8 heteroatoms. The Morgan fingerprint density at radius 3 is 2.33 bits per heavy atom. The second-order valence-electron chi connectivity index (χ2n) is 6.48. The van der Waals surface area contributed by atoms with Crippen molar-refractivity contribution in [2.75, 3.05) is 5.43 Å². The van der Waals surface area contributed by atoms with E-state index < -0.39 is 23.2 Å². The number of hydrogen-bond donors (Lipinski definition) is 1. The molecule has 5 nitrogen and oxygen atoms in total. The molecule has 4 aromatic rings. The maximum Gasteiger partial charge on any atom is 0.416 e. The number of rotatable bonds is 3. The highest BCUT2D eigenvalue weighted by Gasteiger charge is 2.31. The summed E-state index contributed by atoms with van der Waals surface area (Å²) in [6, 6.07) is 19.0. The van der Waals surface area contributed by atoms with Gasteiger partial charge in [-0.15, -0.1) is 0 Å². The van der Waals surface area contributed by atoms with Gasteiger partial charge in [-0.05, 0) is 36.4 Å². The summed E-state index contributed by atoms with van der Waals surface area (Å²) in [5, 5.41) is 0.224. The lowest BCUT2D eigenvalue weighted by Crippen LogP contribution is -2.35. The molecule has 1 aromatic heterocycles. The molecule has 0 bridgehead atoms. The van der Waals surface area contributed by atoms with Crippen molar-refractivity contribution in [3.05, 3.63) is 100 Å². The summed E-state index contributed by atoms with van der Waals surface area (Å²) in [4.78, 5) is 30.0. The van der Waals surface area contributed by atoms with Gasteiger partial charge in [-0.3, -0.25) is 15.0 Å². The first kappa shape index (κ1) is 19.4. The molecular formula is C22H14F3N3O2. The fourth-order valence-corrected chi connectivity index (χ4v) is 3.02. The second kappa shape index (κ2) is 7.47. The minimum atomic E-state index is -4.56. The number of nitrogens with one attached hydrogen (secondary N) is 1. The zero-order valence-electron chi connectivity index (χ0n) is 15.4. The van der Waals surface area contributed by atoms with E-state index in [1.807, 2.05) is 0 Å². The van der Waals surface area contributed by atoms with Crippen LogP contribution >= 0.6 is 0 Å². The van der Waals surface area contributed by atoms with Crippen LogP contribution in [0.1, 0.15) is 15.9 Å². The standard InChI is InChI=1S/C22H14F3N3O2/c23-22(24,25)16-10-6-9-15(13-16)19-26-18-12-5-4-11-17(18)21(30)28(19)27-20(29)14-7-2-1-3-8-14/h1-13H,(H,27,29). The van der Waals surface area contributed by atoms with Crippen LogP contribution in [0.15, 0.2) is 83.7 Å². The van der Waals surface area contributed by atoms with E-state index in [0.717, 1.165) is 16.8 Å². The quantitative estimate of drug-likeness (QED) is 0.543. The molecule has 0 aliphatic carbocycles. The number of benzene rings is 3. The van der Waals surface area contributed by atoms with Gasteiger partial charge in [0.2, 0.25) is 0 Å². The van der Waals surface area contributed by atoms with Crippen LogP contribution in [-0.4, -0.2) is 15.6 Å². The van der Waals surface area contributed by atoms with Crippen molar-refractivity contribution in [2.45, 2.75) is 6.18 Å². The molecule has 0 saturated carbocycles. The van der Waals surface area contributed by atoms with Crippen LogP contribution in [-0.2, 0) is 6.18 Å². The molecule has 4 rings (SSSR count). The molecule has 3 aromatic carbocycles. The average molecular weight is 409 g/mol. The predicted molar refractivity (Wildman–Crippen MR) is 107 cm³/mol. The summed E-state index contributed by atoms with van der Waals surface area (Å²) in [5.41, 5.74) is 1.61. The van der Waals surface area contributed by atoms with E-state index in [1.165, 1.54) is 18.2 Å². The van der Waals surface area contributed by atoms with Crippen LogP contribution in [0.2, 0.25) is 0 Å². The van der Waals surface area contributed by atoms with Gasteiger partial charge in [0.05, 0.1) is 16.5 Å². The van der Waals surface area contributed by atoms with Gasteiger partial charge in [0.1, 0.15) is 0 Å². The number of carbonyl (C=O) groups excluding carboxylic acids is 1. The first-order chi connectivity index (χ1) is 14.3. The van der Waals surface area contributed by atoms with Crippen LogP contribution in [0.4, 0.5) is 13.2 Å². The summed E-state index contributed by atoms with van der Waals surface area (Å²) in [6.45, 7) is 0. The average Bonchev–Trinajstić information content (AvgIpc) is 2.75. The van der Waals surface area contributed by atoms with Gasteiger partial charge in [0.25, 0.3) is 11.5 Å².